The summed E-state index contributed by atoms with van der Waals surface area (Å²) in [5.74, 6) is 0.404. The number of amides is 1. The maximum absolute atomic E-state index is 12.0. The summed E-state index contributed by atoms with van der Waals surface area (Å²) in [5.41, 5.74) is 2.08. The molecule has 0 saturated carbocycles. The number of rotatable bonds is 5. The number of anilines is 1. The number of carbonyl (C=O) groups excluding carboxylic acids is 1. The van der Waals surface area contributed by atoms with Crippen molar-refractivity contribution in [2.75, 3.05) is 11.9 Å². The number of benzene rings is 2. The molecule has 0 atom stereocenters. The number of nitriles is 1. The summed E-state index contributed by atoms with van der Waals surface area (Å²) in [7, 11) is 0. The molecule has 2 aromatic carbocycles. The van der Waals surface area contributed by atoms with Crippen LogP contribution in [0.4, 0.5) is 5.69 Å². The molecule has 0 bridgehead atoms. The van der Waals surface area contributed by atoms with Gasteiger partial charge >= 0.3 is 0 Å². The number of carbonyl (C=O) groups is 1. The zero-order valence-corrected chi connectivity index (χ0v) is 12.2. The molecule has 1 N–H and O–H groups in total. The van der Waals surface area contributed by atoms with E-state index in [2.05, 4.69) is 11.4 Å². The van der Waals surface area contributed by atoms with Gasteiger partial charge in [-0.1, -0.05) is 24.3 Å². The van der Waals surface area contributed by atoms with Gasteiger partial charge in [-0.3, -0.25) is 4.79 Å². The summed E-state index contributed by atoms with van der Waals surface area (Å²) < 4.78 is 5.46. The first-order valence-corrected chi connectivity index (χ1v) is 6.94. The molecule has 110 valence electrons. The lowest BCUT2D eigenvalue weighted by Crippen LogP contribution is -2.09. The van der Waals surface area contributed by atoms with Crippen molar-refractivity contribution in [2.24, 2.45) is 0 Å². The molecule has 1 amide bonds. The Kier molecular flexibility index (Phi) is 5.33. The molecule has 4 heteroatoms. The maximum Gasteiger partial charge on any atom is 0.248 e. The number of hydrogen-bond acceptors (Lipinski definition) is 3. The predicted molar refractivity (Wildman–Crippen MR) is 86.4 cm³/mol. The van der Waals surface area contributed by atoms with Crippen molar-refractivity contribution in [1.82, 2.24) is 0 Å². The molecule has 0 aliphatic heterocycles. The summed E-state index contributed by atoms with van der Waals surface area (Å²) in [6, 6.07) is 16.3. The van der Waals surface area contributed by atoms with E-state index in [4.69, 9.17) is 10.00 Å². The molecule has 0 heterocycles. The monoisotopic (exact) mass is 292 g/mol. The zero-order valence-electron chi connectivity index (χ0n) is 12.2. The molecule has 4 nitrogen and oxygen atoms in total. The van der Waals surface area contributed by atoms with E-state index in [1.807, 2.05) is 25.1 Å². The smallest absolute Gasteiger partial charge is 0.248 e. The molecule has 0 saturated heterocycles. The predicted octanol–water partition coefficient (Wildman–Crippen LogP) is 3.61. The normalized spacial score (nSPS) is 10.2. The molecule has 0 aromatic heterocycles. The van der Waals surface area contributed by atoms with E-state index in [1.54, 1.807) is 36.4 Å². The highest BCUT2D eigenvalue weighted by Gasteiger charge is 2.04. The maximum atomic E-state index is 12.0. The first-order valence-electron chi connectivity index (χ1n) is 6.94. The first-order chi connectivity index (χ1) is 10.7. The van der Waals surface area contributed by atoms with E-state index in [0.717, 1.165) is 5.56 Å². The SMILES string of the molecule is CCOc1ccccc1NC(=O)/C=C/c1ccc(C#N)cc1. The second-order valence-corrected chi connectivity index (χ2v) is 4.49. The zero-order chi connectivity index (χ0) is 15.8. The summed E-state index contributed by atoms with van der Waals surface area (Å²) >= 11 is 0. The Hall–Kier alpha value is -3.06. The summed E-state index contributed by atoms with van der Waals surface area (Å²) in [6.07, 6.45) is 3.14. The lowest BCUT2D eigenvalue weighted by atomic mass is 10.1. The Morgan fingerprint density at radius 3 is 2.64 bits per heavy atom. The average molecular weight is 292 g/mol. The quantitative estimate of drug-likeness (QED) is 0.856. The topological polar surface area (TPSA) is 62.1 Å². The Labute approximate surface area is 129 Å². The molecule has 2 aromatic rings. The standard InChI is InChI=1S/C18H16N2O2/c1-2-22-17-6-4-3-5-16(17)20-18(21)12-11-14-7-9-15(13-19)10-8-14/h3-12H,2H2,1H3,(H,20,21)/b12-11+. The van der Waals surface area contributed by atoms with Crippen molar-refractivity contribution in [3.63, 3.8) is 0 Å². The van der Waals surface area contributed by atoms with Gasteiger partial charge in [-0.15, -0.1) is 0 Å². The van der Waals surface area contributed by atoms with Gasteiger partial charge in [0.15, 0.2) is 0 Å². The molecule has 0 spiro atoms. The van der Waals surface area contributed by atoms with Gasteiger partial charge in [0.2, 0.25) is 5.91 Å². The lowest BCUT2D eigenvalue weighted by Gasteiger charge is -2.09. The van der Waals surface area contributed by atoms with Gasteiger partial charge in [0.05, 0.1) is 23.9 Å². The largest absolute Gasteiger partial charge is 0.492 e. The Balaban J connectivity index is 2.03. The Morgan fingerprint density at radius 2 is 1.95 bits per heavy atom. The average Bonchev–Trinajstić information content (AvgIpc) is 2.55. The van der Waals surface area contributed by atoms with Crippen LogP contribution in [-0.2, 0) is 4.79 Å². The van der Waals surface area contributed by atoms with E-state index in [-0.39, 0.29) is 5.91 Å². The van der Waals surface area contributed by atoms with Gasteiger partial charge in [-0.25, -0.2) is 0 Å². The van der Waals surface area contributed by atoms with Gasteiger partial charge in [0.25, 0.3) is 0 Å². The van der Waals surface area contributed by atoms with E-state index in [1.165, 1.54) is 6.08 Å². The number of para-hydroxylation sites is 2. The van der Waals surface area contributed by atoms with Crippen LogP contribution in [0.15, 0.2) is 54.6 Å². The van der Waals surface area contributed by atoms with Crippen LogP contribution >= 0.6 is 0 Å². The number of hydrogen-bond donors (Lipinski definition) is 1. The molecule has 0 aliphatic carbocycles. The summed E-state index contributed by atoms with van der Waals surface area (Å²) in [4.78, 5) is 12.0. The highest BCUT2D eigenvalue weighted by atomic mass is 16.5. The highest BCUT2D eigenvalue weighted by Crippen LogP contribution is 2.23. The third-order valence-corrected chi connectivity index (χ3v) is 2.91. The van der Waals surface area contributed by atoms with Crippen molar-refractivity contribution in [1.29, 1.82) is 5.26 Å². The van der Waals surface area contributed by atoms with Crippen molar-refractivity contribution in [2.45, 2.75) is 6.92 Å². The Bertz CT molecular complexity index is 713. The van der Waals surface area contributed by atoms with Crippen molar-refractivity contribution < 1.29 is 9.53 Å². The molecule has 2 rings (SSSR count). The minimum Gasteiger partial charge on any atom is -0.492 e. The van der Waals surface area contributed by atoms with Crippen LogP contribution in [0.3, 0.4) is 0 Å². The number of ether oxygens (including phenoxy) is 1. The van der Waals surface area contributed by atoms with E-state index < -0.39 is 0 Å². The van der Waals surface area contributed by atoms with E-state index in [0.29, 0.717) is 23.6 Å². The van der Waals surface area contributed by atoms with E-state index in [9.17, 15) is 4.79 Å². The first kappa shape index (κ1) is 15.3. The van der Waals surface area contributed by atoms with Crippen LogP contribution in [-0.4, -0.2) is 12.5 Å². The minimum absolute atomic E-state index is 0.239. The van der Waals surface area contributed by atoms with Gasteiger partial charge in [-0.05, 0) is 42.8 Å². The molecule has 0 unspecified atom stereocenters. The third kappa shape index (κ3) is 4.22. The summed E-state index contributed by atoms with van der Waals surface area (Å²) in [5, 5.41) is 11.5. The van der Waals surface area contributed by atoms with Crippen LogP contribution in [0.5, 0.6) is 5.75 Å². The second-order valence-electron chi connectivity index (χ2n) is 4.49. The second kappa shape index (κ2) is 7.65. The minimum atomic E-state index is -0.239. The fourth-order valence-corrected chi connectivity index (χ4v) is 1.87. The van der Waals surface area contributed by atoms with Crippen molar-refractivity contribution in [3.05, 3.63) is 65.7 Å². The van der Waals surface area contributed by atoms with Gasteiger partial charge < -0.3 is 10.1 Å². The fraction of sp³-hybridized carbons (Fsp3) is 0.111. The van der Waals surface area contributed by atoms with Crippen LogP contribution in [0.2, 0.25) is 0 Å². The highest BCUT2D eigenvalue weighted by molar-refractivity contribution is 6.02. The third-order valence-electron chi connectivity index (χ3n) is 2.91. The number of nitrogens with one attached hydrogen (secondary N) is 1. The molecular formula is C18H16N2O2. The number of nitrogens with zero attached hydrogens (tertiary/aromatic N) is 1. The molecule has 22 heavy (non-hydrogen) atoms. The van der Waals surface area contributed by atoms with Crippen LogP contribution in [0, 0.1) is 11.3 Å². The van der Waals surface area contributed by atoms with Crippen molar-refractivity contribution in [3.8, 4) is 11.8 Å². The van der Waals surface area contributed by atoms with E-state index >= 15 is 0 Å². The molecular weight excluding hydrogens is 276 g/mol. The Morgan fingerprint density at radius 1 is 1.23 bits per heavy atom. The van der Waals surface area contributed by atoms with Gasteiger partial charge in [0.1, 0.15) is 5.75 Å². The lowest BCUT2D eigenvalue weighted by molar-refractivity contribution is -0.111. The van der Waals surface area contributed by atoms with Gasteiger partial charge in [0, 0.05) is 6.08 Å². The van der Waals surface area contributed by atoms with Crippen molar-refractivity contribution >= 4 is 17.7 Å². The fourth-order valence-electron chi connectivity index (χ4n) is 1.87. The van der Waals surface area contributed by atoms with Crippen LogP contribution in [0.1, 0.15) is 18.1 Å². The molecule has 0 radical (unpaired) electrons. The van der Waals surface area contributed by atoms with Gasteiger partial charge in [-0.2, -0.15) is 5.26 Å². The van der Waals surface area contributed by atoms with Crippen LogP contribution in [0.25, 0.3) is 6.08 Å². The van der Waals surface area contributed by atoms with Crippen LogP contribution < -0.4 is 10.1 Å². The molecule has 0 aliphatic rings. The summed E-state index contributed by atoms with van der Waals surface area (Å²) in [6.45, 7) is 2.43. The molecule has 0 fully saturated rings.